The zero-order chi connectivity index (χ0) is 15.1. The maximum atomic E-state index is 12.8. The Balaban J connectivity index is 2.35. The molecule has 4 nitrogen and oxygen atoms in total. The number of hydrogen-bond donors (Lipinski definition) is 3. The predicted molar refractivity (Wildman–Crippen MR) is 64.6 cm³/mol. The Morgan fingerprint density at radius 3 is 2.55 bits per heavy atom. The second-order valence-electron chi connectivity index (χ2n) is 4.63. The number of aromatic hydroxyl groups is 1. The third-order valence-corrected chi connectivity index (χ3v) is 3.56. The van der Waals surface area contributed by atoms with Crippen molar-refractivity contribution in [2.45, 2.75) is 18.6 Å². The number of benzene rings is 1. The minimum absolute atomic E-state index is 0.174. The van der Waals surface area contributed by atoms with Gasteiger partial charge in [-0.1, -0.05) is 11.6 Å². The van der Waals surface area contributed by atoms with Crippen molar-refractivity contribution in [3.8, 4) is 5.75 Å². The molecule has 1 saturated heterocycles. The maximum absolute atomic E-state index is 12.8. The van der Waals surface area contributed by atoms with Crippen molar-refractivity contribution in [2.24, 2.45) is 5.92 Å². The summed E-state index contributed by atoms with van der Waals surface area (Å²) in [5, 5.41) is 20.7. The van der Waals surface area contributed by atoms with E-state index < -0.39 is 40.4 Å². The second-order valence-corrected chi connectivity index (χ2v) is 5.04. The van der Waals surface area contributed by atoms with Gasteiger partial charge >= 0.3 is 12.1 Å². The van der Waals surface area contributed by atoms with Crippen molar-refractivity contribution in [1.82, 2.24) is 5.32 Å². The average Bonchev–Trinajstić information content (AvgIpc) is 2.80. The molecule has 1 aromatic rings. The van der Waals surface area contributed by atoms with Gasteiger partial charge in [-0.3, -0.25) is 4.79 Å². The van der Waals surface area contributed by atoms with Gasteiger partial charge in [-0.25, -0.2) is 0 Å². The van der Waals surface area contributed by atoms with E-state index in [2.05, 4.69) is 5.32 Å². The Kier molecular flexibility index (Phi) is 3.84. The van der Waals surface area contributed by atoms with Crippen LogP contribution in [0.2, 0.25) is 5.02 Å². The largest absolute Gasteiger partial charge is 0.506 e. The molecule has 0 aromatic heterocycles. The Morgan fingerprint density at radius 2 is 2.05 bits per heavy atom. The number of rotatable bonds is 2. The fourth-order valence-corrected chi connectivity index (χ4v) is 2.44. The van der Waals surface area contributed by atoms with E-state index in [1.807, 2.05) is 0 Å². The van der Waals surface area contributed by atoms with Crippen molar-refractivity contribution >= 4 is 17.6 Å². The van der Waals surface area contributed by atoms with Gasteiger partial charge in [-0.05, 0) is 24.1 Å². The van der Waals surface area contributed by atoms with Gasteiger partial charge in [0.05, 0.1) is 16.5 Å². The van der Waals surface area contributed by atoms with Gasteiger partial charge in [0.1, 0.15) is 5.75 Å². The van der Waals surface area contributed by atoms with Crippen LogP contribution in [0.5, 0.6) is 5.75 Å². The fraction of sp³-hybridized carbons (Fsp3) is 0.417. The number of halogens is 4. The maximum Gasteiger partial charge on any atom is 0.420 e. The molecular formula is C12H11ClF3NO3. The molecule has 110 valence electrons. The molecule has 1 aromatic carbocycles. The van der Waals surface area contributed by atoms with Crippen molar-refractivity contribution in [1.29, 1.82) is 0 Å². The molecule has 0 bridgehead atoms. The van der Waals surface area contributed by atoms with E-state index >= 15 is 0 Å². The van der Waals surface area contributed by atoms with Crippen LogP contribution in [0.15, 0.2) is 12.1 Å². The van der Waals surface area contributed by atoms with Gasteiger partial charge in [0.25, 0.3) is 0 Å². The highest BCUT2D eigenvalue weighted by molar-refractivity contribution is 6.32. The fourth-order valence-electron chi connectivity index (χ4n) is 2.22. The normalized spacial score (nSPS) is 23.0. The van der Waals surface area contributed by atoms with E-state index in [-0.39, 0.29) is 18.5 Å². The monoisotopic (exact) mass is 309 g/mol. The summed E-state index contributed by atoms with van der Waals surface area (Å²) in [7, 11) is 0. The number of phenolic OH excluding ortho intramolecular Hbond substituents is 1. The number of carbonyl (C=O) groups is 1. The highest BCUT2D eigenvalue weighted by atomic mass is 35.5. The first-order valence-corrected chi connectivity index (χ1v) is 6.13. The van der Waals surface area contributed by atoms with Crippen LogP contribution >= 0.6 is 11.6 Å². The van der Waals surface area contributed by atoms with Crippen LogP contribution in [0.25, 0.3) is 0 Å². The zero-order valence-electron chi connectivity index (χ0n) is 10.0. The van der Waals surface area contributed by atoms with Gasteiger partial charge in [0.15, 0.2) is 0 Å². The molecule has 3 N–H and O–H groups in total. The van der Waals surface area contributed by atoms with Crippen molar-refractivity contribution in [3.05, 3.63) is 28.3 Å². The number of alkyl halides is 3. The molecule has 1 fully saturated rings. The van der Waals surface area contributed by atoms with Gasteiger partial charge in [-0.15, -0.1) is 0 Å². The Hall–Kier alpha value is -1.47. The number of nitrogens with one attached hydrogen (secondary N) is 1. The first-order valence-electron chi connectivity index (χ1n) is 5.76. The van der Waals surface area contributed by atoms with Crippen molar-refractivity contribution < 1.29 is 28.2 Å². The van der Waals surface area contributed by atoms with E-state index in [0.717, 1.165) is 6.07 Å². The average molecular weight is 310 g/mol. The van der Waals surface area contributed by atoms with E-state index in [0.29, 0.717) is 0 Å². The van der Waals surface area contributed by atoms with Gasteiger partial charge in [-0.2, -0.15) is 13.2 Å². The molecule has 0 spiro atoms. The van der Waals surface area contributed by atoms with Gasteiger partial charge < -0.3 is 15.5 Å². The van der Waals surface area contributed by atoms with Crippen molar-refractivity contribution in [2.75, 3.05) is 6.54 Å². The highest BCUT2D eigenvalue weighted by Gasteiger charge is 2.37. The van der Waals surface area contributed by atoms with Crippen LogP contribution in [0.4, 0.5) is 13.2 Å². The van der Waals surface area contributed by atoms with Gasteiger partial charge in [0, 0.05) is 12.6 Å². The molecule has 0 radical (unpaired) electrons. The van der Waals surface area contributed by atoms with E-state index in [1.165, 1.54) is 6.07 Å². The lowest BCUT2D eigenvalue weighted by Crippen LogP contribution is -2.17. The van der Waals surface area contributed by atoms with Gasteiger partial charge in [0.2, 0.25) is 0 Å². The molecule has 8 heteroatoms. The predicted octanol–water partition coefficient (Wildman–Crippen LogP) is 2.80. The summed E-state index contributed by atoms with van der Waals surface area (Å²) in [6.45, 7) is 0.180. The molecule has 2 atom stereocenters. The number of hydrogen-bond acceptors (Lipinski definition) is 3. The number of carboxylic acid groups (broad SMARTS) is 1. The van der Waals surface area contributed by atoms with Crippen LogP contribution in [0.1, 0.15) is 23.6 Å². The van der Waals surface area contributed by atoms with E-state index in [9.17, 15) is 23.1 Å². The number of aliphatic carboxylic acids is 1. The molecule has 0 amide bonds. The lowest BCUT2D eigenvalue weighted by atomic mass is 9.98. The summed E-state index contributed by atoms with van der Waals surface area (Å²) in [6.07, 6.45) is -4.55. The zero-order valence-corrected chi connectivity index (χ0v) is 10.8. The summed E-state index contributed by atoms with van der Waals surface area (Å²) in [4.78, 5) is 10.8. The topological polar surface area (TPSA) is 69.6 Å². The number of phenols is 1. The van der Waals surface area contributed by atoms with E-state index in [4.69, 9.17) is 16.7 Å². The first-order chi connectivity index (χ1) is 9.20. The lowest BCUT2D eigenvalue weighted by Gasteiger charge is -2.16. The molecule has 1 heterocycles. The molecule has 2 unspecified atom stereocenters. The first kappa shape index (κ1) is 14.9. The third kappa shape index (κ3) is 2.83. The second kappa shape index (κ2) is 5.14. The Labute approximate surface area is 117 Å². The Morgan fingerprint density at radius 1 is 1.40 bits per heavy atom. The molecule has 0 saturated carbocycles. The summed E-state index contributed by atoms with van der Waals surface area (Å²) >= 11 is 5.61. The van der Waals surface area contributed by atoms with Crippen LogP contribution < -0.4 is 5.32 Å². The lowest BCUT2D eigenvalue weighted by molar-refractivity contribution is -0.141. The van der Waals surface area contributed by atoms with Crippen LogP contribution in [0, 0.1) is 5.92 Å². The molecule has 20 heavy (non-hydrogen) atoms. The Bertz CT molecular complexity index is 547. The molecule has 2 rings (SSSR count). The summed E-state index contributed by atoms with van der Waals surface area (Å²) in [6, 6.07) is 1.48. The standard InChI is InChI=1S/C12H11ClF3NO3/c13-8-2-5(1-7(10(8)18)12(14,15)16)9-3-6(4-17-9)11(19)20/h1-2,6,9,17-18H,3-4H2,(H,19,20). The minimum atomic E-state index is -4.73. The smallest absolute Gasteiger partial charge is 0.420 e. The van der Waals surface area contributed by atoms with Crippen molar-refractivity contribution in [3.63, 3.8) is 0 Å². The summed E-state index contributed by atoms with van der Waals surface area (Å²) < 4.78 is 38.3. The molecule has 0 aliphatic carbocycles. The minimum Gasteiger partial charge on any atom is -0.506 e. The SMILES string of the molecule is O=C(O)C1CNC(c2cc(Cl)c(O)c(C(F)(F)F)c2)C1. The quantitative estimate of drug-likeness (QED) is 0.786. The highest BCUT2D eigenvalue weighted by Crippen LogP contribution is 2.42. The van der Waals surface area contributed by atoms with E-state index in [1.54, 1.807) is 0 Å². The third-order valence-electron chi connectivity index (χ3n) is 3.27. The number of carboxylic acids is 1. The summed E-state index contributed by atoms with van der Waals surface area (Å²) in [5.74, 6) is -2.67. The molecule has 1 aliphatic rings. The van der Waals surface area contributed by atoms with Crippen LogP contribution in [-0.2, 0) is 11.0 Å². The molecular weight excluding hydrogens is 299 g/mol. The van der Waals surface area contributed by atoms with Crippen LogP contribution in [0.3, 0.4) is 0 Å². The summed E-state index contributed by atoms with van der Waals surface area (Å²) in [5.41, 5.74) is -1.01. The molecule has 1 aliphatic heterocycles. The van der Waals surface area contributed by atoms with Crippen LogP contribution in [-0.4, -0.2) is 22.7 Å².